The molecule has 16 heavy (non-hydrogen) atoms. The third-order valence-electron chi connectivity index (χ3n) is 1.92. The molecule has 1 aromatic rings. The van der Waals surface area contributed by atoms with Gasteiger partial charge in [0.05, 0.1) is 10.0 Å². The third kappa shape index (κ3) is 3.68. The molecular weight excluding hydrogens is 249 g/mol. The Morgan fingerprint density at radius 2 is 1.94 bits per heavy atom. The van der Waals surface area contributed by atoms with Gasteiger partial charge in [0.1, 0.15) is 5.82 Å². The number of hydrogen-bond acceptors (Lipinski definition) is 5. The van der Waals surface area contributed by atoms with Crippen LogP contribution in [0.5, 0.6) is 0 Å². The fourth-order valence-corrected chi connectivity index (χ4v) is 1.57. The highest BCUT2D eigenvalue weighted by molar-refractivity contribution is 6.37. The molecule has 1 rings (SSSR count). The average Bonchev–Trinajstić information content (AvgIpc) is 2.20. The number of aromatic nitrogens is 1. The Morgan fingerprint density at radius 1 is 1.31 bits per heavy atom. The topological polar surface area (TPSA) is 66.2 Å². The zero-order valence-corrected chi connectivity index (χ0v) is 10.7. The van der Waals surface area contributed by atoms with E-state index >= 15 is 0 Å². The number of nitrogens with one attached hydrogen (secondary N) is 2. The van der Waals surface area contributed by atoms with Crippen LogP contribution in [0.3, 0.4) is 0 Å². The van der Waals surface area contributed by atoms with Crippen LogP contribution in [-0.4, -0.2) is 37.1 Å². The quantitative estimate of drug-likeness (QED) is 0.557. The molecule has 4 N–H and O–H groups in total. The Hall–Kier alpha value is -0.750. The molecule has 7 heteroatoms. The van der Waals surface area contributed by atoms with Gasteiger partial charge in [-0.2, -0.15) is 0 Å². The first-order valence-electron chi connectivity index (χ1n) is 4.76. The van der Waals surface area contributed by atoms with Crippen molar-refractivity contribution in [2.75, 3.05) is 37.9 Å². The molecule has 0 radical (unpaired) electrons. The Bertz CT molecular complexity index is 356. The molecule has 0 aromatic carbocycles. The van der Waals surface area contributed by atoms with E-state index in [9.17, 15) is 0 Å². The van der Waals surface area contributed by atoms with Gasteiger partial charge in [0.15, 0.2) is 5.82 Å². The van der Waals surface area contributed by atoms with Gasteiger partial charge in [0, 0.05) is 13.1 Å². The molecule has 0 atom stereocenters. The second kappa shape index (κ2) is 6.10. The Balaban J connectivity index is 2.72. The van der Waals surface area contributed by atoms with Crippen LogP contribution < -0.4 is 16.6 Å². The maximum Gasteiger partial charge on any atom is 0.161 e. The highest BCUT2D eigenvalue weighted by atomic mass is 35.5. The lowest BCUT2D eigenvalue weighted by atomic mass is 10.4. The summed E-state index contributed by atoms with van der Waals surface area (Å²) in [5.41, 5.74) is 2.41. The van der Waals surface area contributed by atoms with Gasteiger partial charge in [0.25, 0.3) is 0 Å². The number of halogens is 2. The van der Waals surface area contributed by atoms with E-state index in [1.807, 2.05) is 14.1 Å². The van der Waals surface area contributed by atoms with Crippen molar-refractivity contribution in [3.05, 3.63) is 16.1 Å². The summed E-state index contributed by atoms with van der Waals surface area (Å²) >= 11 is 11.8. The van der Waals surface area contributed by atoms with Crippen molar-refractivity contribution in [1.82, 2.24) is 9.88 Å². The van der Waals surface area contributed by atoms with Crippen LogP contribution in [0.1, 0.15) is 0 Å². The molecule has 0 aliphatic carbocycles. The molecule has 0 aliphatic heterocycles. The summed E-state index contributed by atoms with van der Waals surface area (Å²) in [4.78, 5) is 6.21. The summed E-state index contributed by atoms with van der Waals surface area (Å²) in [5, 5.41) is 3.98. The molecular formula is C9H15Cl2N5. The van der Waals surface area contributed by atoms with Gasteiger partial charge < -0.3 is 15.6 Å². The first-order valence-corrected chi connectivity index (χ1v) is 5.51. The monoisotopic (exact) mass is 263 g/mol. The third-order valence-corrected chi connectivity index (χ3v) is 2.49. The molecule has 1 heterocycles. The van der Waals surface area contributed by atoms with E-state index in [1.54, 1.807) is 6.07 Å². The van der Waals surface area contributed by atoms with Crippen molar-refractivity contribution in [3.8, 4) is 0 Å². The Morgan fingerprint density at radius 3 is 2.50 bits per heavy atom. The van der Waals surface area contributed by atoms with Crippen molar-refractivity contribution in [1.29, 1.82) is 0 Å². The van der Waals surface area contributed by atoms with E-state index in [0.29, 0.717) is 21.7 Å². The van der Waals surface area contributed by atoms with Crippen LogP contribution in [0.2, 0.25) is 10.0 Å². The van der Waals surface area contributed by atoms with E-state index in [1.165, 1.54) is 0 Å². The first kappa shape index (κ1) is 13.3. The van der Waals surface area contributed by atoms with Crippen molar-refractivity contribution in [3.63, 3.8) is 0 Å². The zero-order valence-electron chi connectivity index (χ0n) is 9.22. The lowest BCUT2D eigenvalue weighted by molar-refractivity contribution is 0.425. The second-order valence-electron chi connectivity index (χ2n) is 3.52. The Kier molecular flexibility index (Phi) is 5.08. The molecule has 90 valence electrons. The van der Waals surface area contributed by atoms with Crippen molar-refractivity contribution in [2.45, 2.75) is 0 Å². The van der Waals surface area contributed by atoms with Gasteiger partial charge in [-0.05, 0) is 20.2 Å². The highest BCUT2D eigenvalue weighted by Gasteiger charge is 2.07. The van der Waals surface area contributed by atoms with Gasteiger partial charge in [-0.25, -0.2) is 10.8 Å². The average molecular weight is 264 g/mol. The van der Waals surface area contributed by atoms with Crippen molar-refractivity contribution < 1.29 is 0 Å². The van der Waals surface area contributed by atoms with Crippen LogP contribution >= 0.6 is 23.2 Å². The number of nitrogens with zero attached hydrogens (tertiary/aromatic N) is 2. The fourth-order valence-electron chi connectivity index (χ4n) is 1.09. The summed E-state index contributed by atoms with van der Waals surface area (Å²) < 4.78 is 0. The molecule has 5 nitrogen and oxygen atoms in total. The predicted octanol–water partition coefficient (Wildman–Crippen LogP) is 1.65. The molecule has 1 aromatic heterocycles. The minimum Gasteiger partial charge on any atom is -0.367 e. The minimum absolute atomic E-state index is 0.394. The van der Waals surface area contributed by atoms with Gasteiger partial charge in [-0.3, -0.25) is 0 Å². The number of nitrogen functional groups attached to an aromatic ring is 1. The highest BCUT2D eigenvalue weighted by Crippen LogP contribution is 2.28. The number of hydrazine groups is 1. The minimum atomic E-state index is 0.394. The molecule has 0 spiro atoms. The largest absolute Gasteiger partial charge is 0.367 e. The standard InChI is InChI=1S/C9H15Cl2N5/c1-16(2)4-3-13-8-6(10)5-7(11)9(14-8)15-12/h5H,3-4,12H2,1-2H3,(H2,13,14,15). The lowest BCUT2D eigenvalue weighted by Gasteiger charge is -2.13. The first-order chi connectivity index (χ1) is 7.54. The Labute approximate surface area is 105 Å². The molecule has 0 unspecified atom stereocenters. The number of hydrogen-bond donors (Lipinski definition) is 3. The summed E-state index contributed by atoms with van der Waals surface area (Å²) in [6, 6.07) is 1.60. The van der Waals surface area contributed by atoms with Crippen molar-refractivity contribution >= 4 is 34.8 Å². The number of nitrogens with two attached hydrogens (primary N) is 1. The molecule has 0 aliphatic rings. The van der Waals surface area contributed by atoms with Crippen LogP contribution in [0.4, 0.5) is 11.6 Å². The van der Waals surface area contributed by atoms with E-state index < -0.39 is 0 Å². The zero-order chi connectivity index (χ0) is 12.1. The van der Waals surface area contributed by atoms with E-state index in [4.69, 9.17) is 29.0 Å². The predicted molar refractivity (Wildman–Crippen MR) is 69.1 cm³/mol. The van der Waals surface area contributed by atoms with E-state index in [2.05, 4.69) is 20.6 Å². The van der Waals surface area contributed by atoms with Crippen LogP contribution in [0.15, 0.2) is 6.07 Å². The lowest BCUT2D eigenvalue weighted by Crippen LogP contribution is -2.21. The maximum absolute atomic E-state index is 5.98. The fraction of sp³-hybridized carbons (Fsp3) is 0.444. The van der Waals surface area contributed by atoms with Gasteiger partial charge in [0.2, 0.25) is 0 Å². The van der Waals surface area contributed by atoms with Crippen molar-refractivity contribution in [2.24, 2.45) is 5.84 Å². The van der Waals surface area contributed by atoms with Gasteiger partial charge in [-0.1, -0.05) is 23.2 Å². The molecule has 0 saturated heterocycles. The summed E-state index contributed by atoms with van der Waals surface area (Å²) in [6.45, 7) is 1.62. The number of rotatable bonds is 5. The smallest absolute Gasteiger partial charge is 0.161 e. The van der Waals surface area contributed by atoms with E-state index in [-0.39, 0.29) is 0 Å². The normalized spacial score (nSPS) is 10.6. The second-order valence-corrected chi connectivity index (χ2v) is 4.34. The van der Waals surface area contributed by atoms with Gasteiger partial charge >= 0.3 is 0 Å². The molecule has 0 saturated carbocycles. The van der Waals surface area contributed by atoms with Crippen LogP contribution in [0, 0.1) is 0 Å². The number of pyridine rings is 1. The van der Waals surface area contributed by atoms with Crippen LogP contribution in [-0.2, 0) is 0 Å². The van der Waals surface area contributed by atoms with Gasteiger partial charge in [-0.15, -0.1) is 0 Å². The number of likely N-dealkylation sites (N-methyl/N-ethyl adjacent to an activating group) is 1. The SMILES string of the molecule is CN(C)CCNc1nc(NN)c(Cl)cc1Cl. The summed E-state index contributed by atoms with van der Waals surface area (Å²) in [6.07, 6.45) is 0. The maximum atomic E-state index is 5.98. The van der Waals surface area contributed by atoms with E-state index in [0.717, 1.165) is 13.1 Å². The summed E-state index contributed by atoms with van der Waals surface area (Å²) in [7, 11) is 3.98. The van der Waals surface area contributed by atoms with Crippen LogP contribution in [0.25, 0.3) is 0 Å². The molecule has 0 bridgehead atoms. The molecule has 0 amide bonds. The summed E-state index contributed by atoms with van der Waals surface area (Å²) in [5.74, 6) is 6.24. The molecule has 0 fully saturated rings. The number of anilines is 2.